The fourth-order valence-electron chi connectivity index (χ4n) is 6.46. The Labute approximate surface area is 347 Å². The molecular weight excluding hydrogens is 823 g/mol. The van der Waals surface area contributed by atoms with Gasteiger partial charge in [0, 0.05) is 49.4 Å². The number of thiophene rings is 2. The van der Waals surface area contributed by atoms with Gasteiger partial charge in [-0.3, -0.25) is 14.5 Å². The molecule has 2 aliphatic rings. The molecular formula is C38H43Cl3N6O3S4. The number of benzene rings is 2. The van der Waals surface area contributed by atoms with Crippen molar-refractivity contribution in [3.63, 3.8) is 0 Å². The number of fused-ring (bicyclic) bond motifs is 4. The molecule has 0 saturated heterocycles. The first kappa shape index (κ1) is 42.5. The van der Waals surface area contributed by atoms with Crippen LogP contribution in [0, 0.1) is 5.21 Å². The number of carbonyl (C=O) groups excluding carboxylic acids is 2. The van der Waals surface area contributed by atoms with Gasteiger partial charge >= 0.3 is 0 Å². The first-order valence-electron chi connectivity index (χ1n) is 17.2. The Balaban J connectivity index is 0.000000186. The molecule has 0 fully saturated rings. The zero-order valence-corrected chi connectivity index (χ0v) is 35.2. The van der Waals surface area contributed by atoms with Crippen LogP contribution in [0.15, 0.2) is 48.5 Å². The van der Waals surface area contributed by atoms with E-state index in [-0.39, 0.29) is 23.9 Å². The summed E-state index contributed by atoms with van der Waals surface area (Å²) in [4.78, 5) is 37.8. The Morgan fingerprint density at radius 2 is 1.30 bits per heavy atom. The largest absolute Gasteiger partial charge is 0.633 e. The fraction of sp³-hybridized carbons (Fsp3) is 0.368. The Morgan fingerprint density at radius 1 is 0.815 bits per heavy atom. The van der Waals surface area contributed by atoms with Crippen molar-refractivity contribution in [3.8, 4) is 21.1 Å². The summed E-state index contributed by atoms with van der Waals surface area (Å²) in [5, 5.41) is 22.4. The van der Waals surface area contributed by atoms with E-state index in [1.54, 1.807) is 40.9 Å². The number of nitrogens with one attached hydrogen (secondary N) is 2. The number of carbonyl (C=O) groups is 2. The van der Waals surface area contributed by atoms with Crippen LogP contribution >= 0.6 is 80.1 Å². The minimum atomic E-state index is -0.750. The van der Waals surface area contributed by atoms with E-state index in [1.807, 2.05) is 43.3 Å². The van der Waals surface area contributed by atoms with Crippen molar-refractivity contribution in [2.45, 2.75) is 65.3 Å². The van der Waals surface area contributed by atoms with Crippen LogP contribution in [0.1, 0.15) is 56.0 Å². The minimum Gasteiger partial charge on any atom is -0.633 e. The zero-order chi connectivity index (χ0) is 37.9. The number of halogens is 3. The van der Waals surface area contributed by atoms with E-state index < -0.39 is 4.30 Å². The fourth-order valence-corrected chi connectivity index (χ4v) is 11.4. The maximum atomic E-state index is 12.7. The maximum absolute atomic E-state index is 12.7. The molecule has 8 rings (SSSR count). The lowest BCUT2D eigenvalue weighted by atomic mass is 10.0. The monoisotopic (exact) mass is 864 g/mol. The summed E-state index contributed by atoms with van der Waals surface area (Å²) >= 11 is 21.0. The van der Waals surface area contributed by atoms with E-state index in [0.717, 1.165) is 84.2 Å². The number of rotatable bonds is 6. The summed E-state index contributed by atoms with van der Waals surface area (Å²) in [6.45, 7) is 11.9. The summed E-state index contributed by atoms with van der Waals surface area (Å²) in [6.07, 6.45) is 1.75. The Bertz CT molecular complexity index is 2180. The number of para-hydroxylation sites is 2. The second-order valence-electron chi connectivity index (χ2n) is 12.6. The number of nitrogens with zero attached hydrogens (tertiary/aromatic N) is 4. The topological polar surface area (TPSA) is 110 Å². The van der Waals surface area contributed by atoms with Gasteiger partial charge in [0.2, 0.25) is 11.8 Å². The third kappa shape index (κ3) is 9.81. The van der Waals surface area contributed by atoms with Crippen molar-refractivity contribution < 1.29 is 14.2 Å². The van der Waals surface area contributed by atoms with Gasteiger partial charge in [0.15, 0.2) is 4.30 Å². The number of anilines is 2. The number of thiazole rings is 2. The van der Waals surface area contributed by atoms with E-state index in [1.165, 1.54) is 39.0 Å². The normalized spacial score (nSPS) is 16.4. The second-order valence-corrected chi connectivity index (χ2v) is 18.9. The molecule has 288 valence electrons. The van der Waals surface area contributed by atoms with Crippen LogP contribution in [-0.4, -0.2) is 61.8 Å². The number of quaternary nitrogens is 1. The first-order valence-corrected chi connectivity index (χ1v) is 21.7. The number of alkyl halides is 3. The van der Waals surface area contributed by atoms with Gasteiger partial charge < -0.3 is 20.5 Å². The highest BCUT2D eigenvalue weighted by Crippen LogP contribution is 2.47. The Kier molecular flexibility index (Phi) is 14.5. The number of hydrogen-bond donors (Lipinski definition) is 2. The van der Waals surface area contributed by atoms with E-state index in [9.17, 15) is 14.8 Å². The second kappa shape index (κ2) is 18.5. The third-order valence-corrected chi connectivity index (χ3v) is 13.4. The molecule has 2 amide bonds. The molecule has 0 radical (unpaired) electrons. The van der Waals surface area contributed by atoms with Crippen molar-refractivity contribution >= 4 is 122 Å². The highest BCUT2D eigenvalue weighted by atomic mass is 35.6. The van der Waals surface area contributed by atoms with Gasteiger partial charge in [0.05, 0.1) is 38.4 Å². The van der Waals surface area contributed by atoms with Crippen LogP contribution in [0.25, 0.3) is 41.6 Å². The quantitative estimate of drug-likeness (QED) is 0.0980. The lowest BCUT2D eigenvalue weighted by Crippen LogP contribution is -2.45. The number of likely N-dealkylation sites (N-methyl/N-ethyl adjacent to an activating group) is 2. The van der Waals surface area contributed by atoms with Gasteiger partial charge in [-0.1, -0.05) is 73.4 Å². The number of hydrogen-bond acceptors (Lipinski definition) is 10. The standard InChI is InChI=1S/C18H19N3O2S2.C18H19N3OS2.CHCl3.CH4/c1-3-21(23)9-8-12-15(10-21)25-17(19-11(2)22)16(12)18-20-13-6-4-5-7-14(13)24-18;1-3-21-9-8-12-15(10-21)24-17(19-11(2)22)16(12)18-20-13-6-4-5-7-14(13)23-18;2-1(3)4;/h4-7H,3,8-10H2,1-2H3,(H,19,22);4-7H,3,8-10H2,1-2H3,(H,19,22);1H;1H4. The smallest absolute Gasteiger partial charge is 0.221 e. The maximum Gasteiger partial charge on any atom is 0.221 e. The number of aromatic nitrogens is 2. The summed E-state index contributed by atoms with van der Waals surface area (Å²) in [6, 6.07) is 16.3. The highest BCUT2D eigenvalue weighted by molar-refractivity contribution is 7.23. The number of hydroxylamine groups is 3. The highest BCUT2D eigenvalue weighted by Gasteiger charge is 2.32. The van der Waals surface area contributed by atoms with Crippen LogP contribution in [0.5, 0.6) is 0 Å². The van der Waals surface area contributed by atoms with Crippen LogP contribution in [0.3, 0.4) is 0 Å². The Hall–Kier alpha value is -2.69. The van der Waals surface area contributed by atoms with Gasteiger partial charge in [-0.25, -0.2) is 9.97 Å². The van der Waals surface area contributed by atoms with Crippen molar-refractivity contribution in [2.75, 3.05) is 36.8 Å². The van der Waals surface area contributed by atoms with Crippen LogP contribution in [-0.2, 0) is 35.5 Å². The molecule has 2 aliphatic heterocycles. The van der Waals surface area contributed by atoms with Crippen molar-refractivity contribution in [2.24, 2.45) is 0 Å². The summed E-state index contributed by atoms with van der Waals surface area (Å²) in [5.41, 5.74) is 6.70. The molecule has 0 saturated carbocycles. The molecule has 2 N–H and O–H groups in total. The summed E-state index contributed by atoms with van der Waals surface area (Å²) in [7, 11) is 0. The van der Waals surface area contributed by atoms with Gasteiger partial charge in [-0.05, 0) is 55.3 Å². The molecule has 9 nitrogen and oxygen atoms in total. The molecule has 54 heavy (non-hydrogen) atoms. The molecule has 6 aromatic rings. The molecule has 2 aromatic carbocycles. The van der Waals surface area contributed by atoms with Gasteiger partial charge in [0.1, 0.15) is 26.6 Å². The Morgan fingerprint density at radius 3 is 1.76 bits per heavy atom. The van der Waals surface area contributed by atoms with Gasteiger partial charge in [0.25, 0.3) is 0 Å². The first-order chi connectivity index (χ1) is 25.4. The number of amides is 2. The third-order valence-electron chi connectivity index (χ3n) is 9.05. The van der Waals surface area contributed by atoms with E-state index in [4.69, 9.17) is 44.8 Å². The van der Waals surface area contributed by atoms with Crippen LogP contribution in [0.4, 0.5) is 10.0 Å². The molecule has 0 aliphatic carbocycles. The van der Waals surface area contributed by atoms with Crippen molar-refractivity contribution in [3.05, 3.63) is 74.6 Å². The van der Waals surface area contributed by atoms with E-state index in [2.05, 4.69) is 34.6 Å². The van der Waals surface area contributed by atoms with Crippen molar-refractivity contribution in [1.82, 2.24) is 14.9 Å². The molecule has 6 heterocycles. The van der Waals surface area contributed by atoms with Crippen LogP contribution < -0.4 is 10.6 Å². The summed E-state index contributed by atoms with van der Waals surface area (Å²) < 4.78 is 1.38. The van der Waals surface area contributed by atoms with E-state index >= 15 is 0 Å². The van der Waals surface area contributed by atoms with Crippen LogP contribution in [0.2, 0.25) is 0 Å². The molecule has 1 unspecified atom stereocenters. The minimum absolute atomic E-state index is 0. The molecule has 16 heteroatoms. The molecule has 0 bridgehead atoms. The molecule has 0 spiro atoms. The van der Waals surface area contributed by atoms with E-state index in [0.29, 0.717) is 19.6 Å². The van der Waals surface area contributed by atoms with Crippen molar-refractivity contribution in [1.29, 1.82) is 0 Å². The lowest BCUT2D eigenvalue weighted by Gasteiger charge is -2.44. The lowest BCUT2D eigenvalue weighted by molar-refractivity contribution is -0.893. The average Bonchev–Trinajstić information content (AvgIpc) is 3.88. The molecule has 1 atom stereocenters. The zero-order valence-electron chi connectivity index (χ0n) is 29.6. The predicted molar refractivity (Wildman–Crippen MR) is 234 cm³/mol. The molecule has 4 aromatic heterocycles. The summed E-state index contributed by atoms with van der Waals surface area (Å²) in [5.74, 6) is -0.123. The van der Waals surface area contributed by atoms with Gasteiger partial charge in [-0.15, -0.1) is 45.3 Å². The SMILES string of the molecule is C.CCN1CCc2c(sc(NC(C)=O)c2-c2nc3ccccc3s2)C1.CC[N+]1([O-])CCc2c(sc(NC(C)=O)c2-c2nc3ccccc3s2)C1.ClC(Cl)Cl. The predicted octanol–water partition coefficient (Wildman–Crippen LogP) is 11.4. The van der Waals surface area contributed by atoms with Gasteiger partial charge in [-0.2, -0.15) is 0 Å². The average molecular weight is 866 g/mol.